The Morgan fingerprint density at radius 2 is 1.95 bits per heavy atom. The Balaban J connectivity index is 2.38. The number of hydrogen-bond donors (Lipinski definition) is 1. The maximum absolute atomic E-state index is 5.91. The first-order valence-corrected chi connectivity index (χ1v) is 6.40. The van der Waals surface area contributed by atoms with Crippen LogP contribution in [0.1, 0.15) is 18.3 Å². The van der Waals surface area contributed by atoms with Crippen LogP contribution in [0.4, 0.5) is 5.69 Å². The number of para-hydroxylation sites is 1. The molecule has 4 nitrogen and oxygen atoms in total. The summed E-state index contributed by atoms with van der Waals surface area (Å²) < 4.78 is 2.10. The van der Waals surface area contributed by atoms with Crippen molar-refractivity contribution in [1.29, 1.82) is 0 Å². The molecule has 0 unspecified atom stereocenters. The second kappa shape index (κ2) is 4.39. The number of anilines is 1. The summed E-state index contributed by atoms with van der Waals surface area (Å²) in [6.45, 7) is 4.08. The van der Waals surface area contributed by atoms with Crippen molar-refractivity contribution >= 4 is 16.9 Å². The fourth-order valence-electron chi connectivity index (χ4n) is 2.28. The van der Waals surface area contributed by atoms with E-state index in [-0.39, 0.29) is 0 Å². The molecular weight excluding hydrogens is 236 g/mol. The van der Waals surface area contributed by atoms with Crippen molar-refractivity contribution in [3.05, 3.63) is 47.9 Å². The molecule has 0 saturated carbocycles. The summed E-state index contributed by atoms with van der Waals surface area (Å²) in [6, 6.07) is 10.2. The van der Waals surface area contributed by atoms with Crippen molar-refractivity contribution in [3.63, 3.8) is 0 Å². The van der Waals surface area contributed by atoms with E-state index in [1.165, 1.54) is 0 Å². The fourth-order valence-corrected chi connectivity index (χ4v) is 2.28. The standard InChI is InChI=1S/C15H16N4/c1-3-13-18-14-10(2)12(16)9-17-15(14)19(13)11-7-5-4-6-8-11/h4-9H,3,16H2,1-2H3. The number of pyridine rings is 1. The van der Waals surface area contributed by atoms with E-state index in [9.17, 15) is 0 Å². The van der Waals surface area contributed by atoms with Crippen molar-refractivity contribution in [1.82, 2.24) is 14.5 Å². The number of aromatic nitrogens is 3. The predicted molar refractivity (Wildman–Crippen MR) is 77.4 cm³/mol. The third kappa shape index (κ3) is 1.76. The molecule has 0 bridgehead atoms. The number of imidazole rings is 1. The molecule has 0 aliphatic heterocycles. The van der Waals surface area contributed by atoms with Crippen LogP contribution in [-0.2, 0) is 6.42 Å². The van der Waals surface area contributed by atoms with Crippen molar-refractivity contribution in [2.24, 2.45) is 0 Å². The monoisotopic (exact) mass is 252 g/mol. The second-order valence-electron chi connectivity index (χ2n) is 4.56. The largest absolute Gasteiger partial charge is 0.397 e. The van der Waals surface area contributed by atoms with E-state index in [2.05, 4.69) is 33.6 Å². The Morgan fingerprint density at radius 1 is 1.21 bits per heavy atom. The summed E-state index contributed by atoms with van der Waals surface area (Å²) >= 11 is 0. The summed E-state index contributed by atoms with van der Waals surface area (Å²) in [5.74, 6) is 1.00. The van der Waals surface area contributed by atoms with Gasteiger partial charge in [0, 0.05) is 17.7 Å². The van der Waals surface area contributed by atoms with Crippen molar-refractivity contribution in [2.75, 3.05) is 5.73 Å². The van der Waals surface area contributed by atoms with Crippen LogP contribution in [0.15, 0.2) is 36.5 Å². The number of benzene rings is 1. The Labute approximate surface area is 111 Å². The van der Waals surface area contributed by atoms with Gasteiger partial charge in [-0.15, -0.1) is 0 Å². The molecule has 3 aromatic rings. The van der Waals surface area contributed by atoms with Crippen LogP contribution in [0.3, 0.4) is 0 Å². The number of nitrogens with two attached hydrogens (primary N) is 1. The topological polar surface area (TPSA) is 56.7 Å². The van der Waals surface area contributed by atoms with E-state index in [0.29, 0.717) is 5.69 Å². The number of nitrogens with zero attached hydrogens (tertiary/aromatic N) is 3. The minimum absolute atomic E-state index is 0.688. The Hall–Kier alpha value is -2.36. The zero-order chi connectivity index (χ0) is 13.4. The number of nitrogen functional groups attached to an aromatic ring is 1. The van der Waals surface area contributed by atoms with Crippen LogP contribution in [0.2, 0.25) is 0 Å². The molecule has 1 aromatic carbocycles. The SMILES string of the molecule is CCc1nc2c(C)c(N)cnc2n1-c1ccccc1. The van der Waals surface area contributed by atoms with Gasteiger partial charge in [0.25, 0.3) is 0 Å². The highest BCUT2D eigenvalue weighted by Crippen LogP contribution is 2.25. The van der Waals surface area contributed by atoms with Crippen LogP contribution in [-0.4, -0.2) is 14.5 Å². The molecule has 0 aliphatic carbocycles. The summed E-state index contributed by atoms with van der Waals surface area (Å²) in [5, 5.41) is 0. The minimum atomic E-state index is 0.688. The molecule has 0 amide bonds. The summed E-state index contributed by atoms with van der Waals surface area (Å²) in [6.07, 6.45) is 2.56. The Kier molecular flexibility index (Phi) is 2.71. The fraction of sp³-hybridized carbons (Fsp3) is 0.200. The second-order valence-corrected chi connectivity index (χ2v) is 4.56. The molecule has 0 fully saturated rings. The van der Waals surface area contributed by atoms with Gasteiger partial charge in [-0.1, -0.05) is 25.1 Å². The zero-order valence-electron chi connectivity index (χ0n) is 11.1. The van der Waals surface area contributed by atoms with Gasteiger partial charge >= 0.3 is 0 Å². The first-order chi connectivity index (χ1) is 9.22. The molecule has 4 heteroatoms. The third-order valence-corrected chi connectivity index (χ3v) is 3.37. The molecule has 0 radical (unpaired) electrons. The summed E-state index contributed by atoms with van der Waals surface area (Å²) in [7, 11) is 0. The van der Waals surface area contributed by atoms with Gasteiger partial charge in [-0.2, -0.15) is 0 Å². The van der Waals surface area contributed by atoms with Crippen LogP contribution in [0.25, 0.3) is 16.9 Å². The molecule has 3 rings (SSSR count). The van der Waals surface area contributed by atoms with E-state index in [4.69, 9.17) is 5.73 Å². The number of rotatable bonds is 2. The summed E-state index contributed by atoms with van der Waals surface area (Å²) in [5.41, 5.74) is 10.4. The van der Waals surface area contributed by atoms with E-state index in [1.807, 2.05) is 25.1 Å². The molecule has 2 N–H and O–H groups in total. The zero-order valence-corrected chi connectivity index (χ0v) is 11.1. The van der Waals surface area contributed by atoms with Gasteiger partial charge in [0.05, 0.1) is 11.9 Å². The summed E-state index contributed by atoms with van der Waals surface area (Å²) in [4.78, 5) is 9.15. The maximum Gasteiger partial charge on any atom is 0.165 e. The van der Waals surface area contributed by atoms with Crippen LogP contribution >= 0.6 is 0 Å². The van der Waals surface area contributed by atoms with Crippen LogP contribution in [0, 0.1) is 6.92 Å². The van der Waals surface area contributed by atoms with E-state index in [1.54, 1.807) is 6.20 Å². The van der Waals surface area contributed by atoms with Crippen molar-refractivity contribution in [2.45, 2.75) is 20.3 Å². The molecular formula is C15H16N4. The highest BCUT2D eigenvalue weighted by molar-refractivity contribution is 5.81. The third-order valence-electron chi connectivity index (χ3n) is 3.37. The molecule has 19 heavy (non-hydrogen) atoms. The average molecular weight is 252 g/mol. The molecule has 2 aromatic heterocycles. The van der Waals surface area contributed by atoms with Gasteiger partial charge < -0.3 is 5.73 Å². The van der Waals surface area contributed by atoms with Crippen LogP contribution in [0.5, 0.6) is 0 Å². The number of aryl methyl sites for hydroxylation is 2. The normalized spacial score (nSPS) is 11.1. The Morgan fingerprint density at radius 3 is 2.63 bits per heavy atom. The lowest BCUT2D eigenvalue weighted by Crippen LogP contribution is -2.01. The van der Waals surface area contributed by atoms with Gasteiger partial charge in [-0.25, -0.2) is 9.97 Å². The highest BCUT2D eigenvalue weighted by atomic mass is 15.1. The highest BCUT2D eigenvalue weighted by Gasteiger charge is 2.14. The van der Waals surface area contributed by atoms with Gasteiger partial charge in [-0.05, 0) is 19.1 Å². The smallest absolute Gasteiger partial charge is 0.165 e. The van der Waals surface area contributed by atoms with E-state index < -0.39 is 0 Å². The maximum atomic E-state index is 5.91. The van der Waals surface area contributed by atoms with Crippen molar-refractivity contribution in [3.8, 4) is 5.69 Å². The predicted octanol–water partition coefficient (Wildman–Crippen LogP) is 2.87. The first kappa shape index (κ1) is 11.7. The molecule has 0 aliphatic rings. The molecule has 0 spiro atoms. The minimum Gasteiger partial charge on any atom is -0.397 e. The van der Waals surface area contributed by atoms with Gasteiger partial charge in [0.2, 0.25) is 0 Å². The van der Waals surface area contributed by atoms with E-state index >= 15 is 0 Å². The lowest BCUT2D eigenvalue weighted by Gasteiger charge is -2.07. The van der Waals surface area contributed by atoms with Gasteiger partial charge in [-0.3, -0.25) is 4.57 Å². The number of hydrogen-bond acceptors (Lipinski definition) is 3. The molecule has 2 heterocycles. The lowest BCUT2D eigenvalue weighted by atomic mass is 10.2. The van der Waals surface area contributed by atoms with Crippen LogP contribution < -0.4 is 5.73 Å². The average Bonchev–Trinajstić information content (AvgIpc) is 2.83. The van der Waals surface area contributed by atoms with Crippen molar-refractivity contribution < 1.29 is 0 Å². The quantitative estimate of drug-likeness (QED) is 0.763. The van der Waals surface area contributed by atoms with Gasteiger partial charge in [0.1, 0.15) is 11.3 Å². The molecule has 0 saturated heterocycles. The first-order valence-electron chi connectivity index (χ1n) is 6.40. The van der Waals surface area contributed by atoms with Gasteiger partial charge in [0.15, 0.2) is 5.65 Å². The number of fused-ring (bicyclic) bond motifs is 1. The lowest BCUT2D eigenvalue weighted by molar-refractivity contribution is 0.901. The molecule has 0 atom stereocenters. The Bertz CT molecular complexity index is 729. The van der Waals surface area contributed by atoms with E-state index in [0.717, 1.165) is 34.7 Å². The molecule has 96 valence electrons.